The van der Waals surface area contributed by atoms with Crippen molar-refractivity contribution in [2.45, 2.75) is 33.1 Å². The maximum Gasteiger partial charge on any atom is 0.248 e. The molecule has 0 saturated carbocycles. The van der Waals surface area contributed by atoms with Crippen LogP contribution in [0.1, 0.15) is 32.2 Å². The molecule has 0 aliphatic rings. The molecule has 0 spiro atoms. The second kappa shape index (κ2) is 4.26. The molecule has 1 aromatic carbocycles. The van der Waals surface area contributed by atoms with Crippen molar-refractivity contribution in [1.82, 2.24) is 10.2 Å². The highest BCUT2D eigenvalue weighted by Gasteiger charge is 2.22. The Labute approximate surface area is 109 Å². The predicted octanol–water partition coefficient (Wildman–Crippen LogP) is 4.11. The Kier molecular flexibility index (Phi) is 3.08. The number of aromatic nitrogens is 2. The predicted molar refractivity (Wildman–Crippen MR) is 70.9 cm³/mol. The van der Waals surface area contributed by atoms with E-state index in [4.69, 9.17) is 4.42 Å². The molecular weight excluding hydrogens is 280 g/mol. The summed E-state index contributed by atoms with van der Waals surface area (Å²) in [6.07, 6.45) is 0. The zero-order valence-corrected chi connectivity index (χ0v) is 12.0. The summed E-state index contributed by atoms with van der Waals surface area (Å²) in [5.41, 5.74) is 1.96. The quantitative estimate of drug-likeness (QED) is 0.795. The van der Waals surface area contributed by atoms with Gasteiger partial charge in [0.2, 0.25) is 11.8 Å². The van der Waals surface area contributed by atoms with Gasteiger partial charge in [0.25, 0.3) is 0 Å². The van der Waals surface area contributed by atoms with Crippen LogP contribution < -0.4 is 0 Å². The van der Waals surface area contributed by atoms with Gasteiger partial charge in [-0.25, -0.2) is 0 Å². The molecule has 0 unspecified atom stereocenters. The lowest BCUT2D eigenvalue weighted by atomic mass is 9.97. The lowest BCUT2D eigenvalue weighted by Crippen LogP contribution is -2.11. The van der Waals surface area contributed by atoms with Crippen molar-refractivity contribution in [3.63, 3.8) is 0 Å². The summed E-state index contributed by atoms with van der Waals surface area (Å²) in [5, 5.41) is 8.22. The monoisotopic (exact) mass is 294 g/mol. The van der Waals surface area contributed by atoms with Crippen molar-refractivity contribution in [3.8, 4) is 11.5 Å². The van der Waals surface area contributed by atoms with Crippen molar-refractivity contribution < 1.29 is 4.42 Å². The second-order valence-corrected chi connectivity index (χ2v) is 5.93. The summed E-state index contributed by atoms with van der Waals surface area (Å²) in [6.45, 7) is 8.19. The van der Waals surface area contributed by atoms with Crippen LogP contribution in [0.3, 0.4) is 0 Å². The minimum Gasteiger partial charge on any atom is -0.420 e. The normalized spacial score (nSPS) is 11.8. The van der Waals surface area contributed by atoms with Crippen LogP contribution in [0.4, 0.5) is 0 Å². The van der Waals surface area contributed by atoms with Gasteiger partial charge in [0.15, 0.2) is 0 Å². The Morgan fingerprint density at radius 1 is 1.18 bits per heavy atom. The number of hydrogen-bond acceptors (Lipinski definition) is 3. The molecule has 2 rings (SSSR count). The fraction of sp³-hybridized carbons (Fsp3) is 0.385. The van der Waals surface area contributed by atoms with Crippen LogP contribution in [-0.2, 0) is 5.41 Å². The van der Waals surface area contributed by atoms with Gasteiger partial charge < -0.3 is 4.42 Å². The molecule has 0 saturated heterocycles. The van der Waals surface area contributed by atoms with Gasteiger partial charge in [-0.15, -0.1) is 10.2 Å². The molecule has 4 heteroatoms. The summed E-state index contributed by atoms with van der Waals surface area (Å²) in [7, 11) is 0. The van der Waals surface area contributed by atoms with Crippen LogP contribution in [0.5, 0.6) is 0 Å². The molecule has 2 aromatic rings. The summed E-state index contributed by atoms with van der Waals surface area (Å²) in [6, 6.07) is 5.95. The van der Waals surface area contributed by atoms with E-state index in [0.29, 0.717) is 11.8 Å². The first-order chi connectivity index (χ1) is 7.89. The van der Waals surface area contributed by atoms with E-state index in [-0.39, 0.29) is 5.41 Å². The first kappa shape index (κ1) is 12.3. The van der Waals surface area contributed by atoms with Crippen LogP contribution in [0.15, 0.2) is 27.1 Å². The molecule has 0 fully saturated rings. The van der Waals surface area contributed by atoms with E-state index in [1.807, 2.05) is 25.1 Å². The van der Waals surface area contributed by atoms with Gasteiger partial charge in [-0.1, -0.05) is 42.8 Å². The van der Waals surface area contributed by atoms with Gasteiger partial charge in [-0.2, -0.15) is 0 Å². The summed E-state index contributed by atoms with van der Waals surface area (Å²) < 4.78 is 6.77. The number of rotatable bonds is 1. The van der Waals surface area contributed by atoms with Gasteiger partial charge in [0, 0.05) is 15.5 Å². The molecule has 0 atom stereocenters. The third kappa shape index (κ3) is 2.41. The van der Waals surface area contributed by atoms with Gasteiger partial charge >= 0.3 is 0 Å². The Balaban J connectivity index is 2.48. The van der Waals surface area contributed by atoms with E-state index < -0.39 is 0 Å². The smallest absolute Gasteiger partial charge is 0.248 e. The van der Waals surface area contributed by atoms with Crippen molar-refractivity contribution in [1.29, 1.82) is 0 Å². The van der Waals surface area contributed by atoms with E-state index in [0.717, 1.165) is 15.6 Å². The number of halogens is 1. The topological polar surface area (TPSA) is 38.9 Å². The minimum absolute atomic E-state index is 0.120. The Bertz CT molecular complexity index is 541. The van der Waals surface area contributed by atoms with Gasteiger partial charge in [-0.05, 0) is 24.6 Å². The molecule has 0 radical (unpaired) electrons. The molecular formula is C13H15BrN2O. The van der Waals surface area contributed by atoms with Crippen LogP contribution >= 0.6 is 15.9 Å². The minimum atomic E-state index is -0.120. The highest BCUT2D eigenvalue weighted by molar-refractivity contribution is 9.10. The molecule has 0 bridgehead atoms. The molecule has 17 heavy (non-hydrogen) atoms. The fourth-order valence-corrected chi connectivity index (χ4v) is 1.84. The molecule has 0 amide bonds. The van der Waals surface area contributed by atoms with Crippen molar-refractivity contribution in [2.24, 2.45) is 0 Å². The number of benzene rings is 1. The van der Waals surface area contributed by atoms with Crippen LogP contribution in [0.25, 0.3) is 11.5 Å². The van der Waals surface area contributed by atoms with Crippen molar-refractivity contribution in [2.75, 3.05) is 0 Å². The van der Waals surface area contributed by atoms with Gasteiger partial charge in [0.1, 0.15) is 0 Å². The summed E-state index contributed by atoms with van der Waals surface area (Å²) in [5.74, 6) is 1.24. The summed E-state index contributed by atoms with van der Waals surface area (Å²) in [4.78, 5) is 0. The number of nitrogens with zero attached hydrogens (tertiary/aromatic N) is 2. The average Bonchev–Trinajstić information content (AvgIpc) is 2.70. The van der Waals surface area contributed by atoms with E-state index in [1.54, 1.807) is 0 Å². The lowest BCUT2D eigenvalue weighted by molar-refractivity contribution is 0.399. The van der Waals surface area contributed by atoms with E-state index >= 15 is 0 Å². The lowest BCUT2D eigenvalue weighted by Gasteiger charge is -2.11. The average molecular weight is 295 g/mol. The van der Waals surface area contributed by atoms with Gasteiger partial charge in [0.05, 0.1) is 0 Å². The molecule has 0 N–H and O–H groups in total. The molecule has 1 aromatic heterocycles. The van der Waals surface area contributed by atoms with Crippen LogP contribution in [0, 0.1) is 6.92 Å². The number of hydrogen-bond donors (Lipinski definition) is 0. The first-order valence-electron chi connectivity index (χ1n) is 5.49. The Hall–Kier alpha value is -1.16. The maximum atomic E-state index is 5.73. The first-order valence-corrected chi connectivity index (χ1v) is 6.28. The van der Waals surface area contributed by atoms with Gasteiger partial charge in [-0.3, -0.25) is 0 Å². The maximum absolute atomic E-state index is 5.73. The van der Waals surface area contributed by atoms with Crippen molar-refractivity contribution in [3.05, 3.63) is 34.1 Å². The molecule has 0 aliphatic carbocycles. The molecule has 90 valence electrons. The standard InChI is InChI=1S/C13H15BrN2O/c1-8-9(6-5-7-10(8)14)11-15-16-12(17-11)13(2,3)4/h5-7H,1-4H3. The zero-order chi connectivity index (χ0) is 12.6. The molecule has 1 heterocycles. The van der Waals surface area contributed by atoms with Crippen LogP contribution in [0.2, 0.25) is 0 Å². The SMILES string of the molecule is Cc1c(Br)cccc1-c1nnc(C(C)(C)C)o1. The van der Waals surface area contributed by atoms with Crippen molar-refractivity contribution >= 4 is 15.9 Å². The van der Waals surface area contributed by atoms with E-state index in [1.165, 1.54) is 0 Å². The third-order valence-corrected chi connectivity index (χ3v) is 3.42. The highest BCUT2D eigenvalue weighted by Crippen LogP contribution is 2.30. The Morgan fingerprint density at radius 2 is 1.88 bits per heavy atom. The fourth-order valence-electron chi connectivity index (χ4n) is 1.47. The van der Waals surface area contributed by atoms with Crippen LogP contribution in [-0.4, -0.2) is 10.2 Å². The van der Waals surface area contributed by atoms with E-state index in [2.05, 4.69) is 46.9 Å². The highest BCUT2D eigenvalue weighted by atomic mass is 79.9. The second-order valence-electron chi connectivity index (χ2n) is 5.07. The molecule has 0 aliphatic heterocycles. The zero-order valence-electron chi connectivity index (χ0n) is 10.4. The Morgan fingerprint density at radius 3 is 2.47 bits per heavy atom. The largest absolute Gasteiger partial charge is 0.420 e. The summed E-state index contributed by atoms with van der Waals surface area (Å²) >= 11 is 3.50. The molecule has 3 nitrogen and oxygen atoms in total. The van der Waals surface area contributed by atoms with E-state index in [9.17, 15) is 0 Å². The third-order valence-electron chi connectivity index (χ3n) is 2.56.